The Bertz CT molecular complexity index is 164. The number of nitrogens with two attached hydrogens (primary N) is 1. The predicted molar refractivity (Wildman–Crippen MR) is 62.7 cm³/mol. The SMILES string of the molecule is C=C/C=C(\C=C/C)CC(C)N.CC. The minimum Gasteiger partial charge on any atom is -0.328 e. The first-order valence-electron chi connectivity index (χ1n) is 4.90. The Morgan fingerprint density at radius 3 is 2.31 bits per heavy atom. The lowest BCUT2D eigenvalue weighted by Gasteiger charge is -2.04. The van der Waals surface area contributed by atoms with E-state index in [-0.39, 0.29) is 6.04 Å². The van der Waals surface area contributed by atoms with E-state index in [4.69, 9.17) is 5.73 Å². The lowest BCUT2D eigenvalue weighted by Crippen LogP contribution is -2.14. The Morgan fingerprint density at radius 2 is 2.00 bits per heavy atom. The molecule has 0 heterocycles. The molecule has 0 fully saturated rings. The van der Waals surface area contributed by atoms with Gasteiger partial charge in [-0.05, 0) is 25.8 Å². The maximum Gasteiger partial charge on any atom is 0.00509 e. The molecule has 0 bridgehead atoms. The maximum absolute atomic E-state index is 5.64. The minimum absolute atomic E-state index is 0.220. The normalized spacial score (nSPS) is 13.5. The average molecular weight is 181 g/mol. The Hall–Kier alpha value is -0.820. The van der Waals surface area contributed by atoms with Crippen molar-refractivity contribution in [3.8, 4) is 0 Å². The van der Waals surface area contributed by atoms with Crippen LogP contribution in [0.4, 0.5) is 0 Å². The highest BCUT2D eigenvalue weighted by Gasteiger charge is 1.95. The fraction of sp³-hybridized carbons (Fsp3) is 0.500. The highest BCUT2D eigenvalue weighted by Crippen LogP contribution is 2.05. The van der Waals surface area contributed by atoms with E-state index in [2.05, 4.69) is 12.7 Å². The molecule has 13 heavy (non-hydrogen) atoms. The molecule has 0 saturated heterocycles. The van der Waals surface area contributed by atoms with Crippen LogP contribution in [-0.4, -0.2) is 6.04 Å². The van der Waals surface area contributed by atoms with E-state index < -0.39 is 0 Å². The lowest BCUT2D eigenvalue weighted by molar-refractivity contribution is 0.741. The van der Waals surface area contributed by atoms with Crippen LogP contribution in [0.25, 0.3) is 0 Å². The van der Waals surface area contributed by atoms with Gasteiger partial charge in [-0.2, -0.15) is 0 Å². The third-order valence-corrected chi connectivity index (χ3v) is 1.27. The van der Waals surface area contributed by atoms with Crippen LogP contribution in [-0.2, 0) is 0 Å². The van der Waals surface area contributed by atoms with Crippen LogP contribution in [0.1, 0.15) is 34.1 Å². The van der Waals surface area contributed by atoms with E-state index >= 15 is 0 Å². The summed E-state index contributed by atoms with van der Waals surface area (Å²) < 4.78 is 0. The average Bonchev–Trinajstić information content (AvgIpc) is 2.08. The summed E-state index contributed by atoms with van der Waals surface area (Å²) in [5, 5.41) is 0. The summed E-state index contributed by atoms with van der Waals surface area (Å²) in [6.45, 7) is 11.6. The van der Waals surface area contributed by atoms with Gasteiger partial charge in [0.25, 0.3) is 0 Å². The molecule has 1 heteroatoms. The van der Waals surface area contributed by atoms with E-state index in [1.54, 1.807) is 6.08 Å². The Morgan fingerprint density at radius 1 is 1.46 bits per heavy atom. The molecule has 1 atom stereocenters. The monoisotopic (exact) mass is 181 g/mol. The van der Waals surface area contributed by atoms with Gasteiger partial charge in [0.15, 0.2) is 0 Å². The maximum atomic E-state index is 5.64. The van der Waals surface area contributed by atoms with Crippen molar-refractivity contribution >= 4 is 0 Å². The first kappa shape index (κ1) is 14.7. The summed E-state index contributed by atoms with van der Waals surface area (Å²) in [6.07, 6.45) is 8.76. The van der Waals surface area contributed by atoms with Gasteiger partial charge in [0, 0.05) is 6.04 Å². The van der Waals surface area contributed by atoms with E-state index in [9.17, 15) is 0 Å². The number of rotatable bonds is 4. The van der Waals surface area contributed by atoms with Crippen LogP contribution in [0.5, 0.6) is 0 Å². The first-order chi connectivity index (χ1) is 6.20. The van der Waals surface area contributed by atoms with Crippen LogP contribution < -0.4 is 5.73 Å². The molecule has 0 aliphatic heterocycles. The van der Waals surface area contributed by atoms with Crippen molar-refractivity contribution in [3.63, 3.8) is 0 Å². The van der Waals surface area contributed by atoms with Crippen LogP contribution in [0.15, 0.2) is 36.5 Å². The van der Waals surface area contributed by atoms with Crippen LogP contribution in [0, 0.1) is 0 Å². The summed E-state index contributed by atoms with van der Waals surface area (Å²) >= 11 is 0. The largest absolute Gasteiger partial charge is 0.328 e. The molecule has 0 rings (SSSR count). The van der Waals surface area contributed by atoms with Crippen molar-refractivity contribution in [2.45, 2.75) is 40.2 Å². The Labute approximate surface area is 83.0 Å². The smallest absolute Gasteiger partial charge is 0.00509 e. The second-order valence-corrected chi connectivity index (χ2v) is 2.66. The molecule has 76 valence electrons. The van der Waals surface area contributed by atoms with E-state index in [0.717, 1.165) is 6.42 Å². The second kappa shape index (κ2) is 11.2. The van der Waals surface area contributed by atoms with Crippen LogP contribution in [0.2, 0.25) is 0 Å². The quantitative estimate of drug-likeness (QED) is 0.661. The highest BCUT2D eigenvalue weighted by atomic mass is 14.6. The molecule has 0 aromatic rings. The summed E-state index contributed by atoms with van der Waals surface area (Å²) in [4.78, 5) is 0. The van der Waals surface area contributed by atoms with E-state index in [1.165, 1.54) is 5.57 Å². The van der Waals surface area contributed by atoms with Gasteiger partial charge in [-0.3, -0.25) is 0 Å². The molecular weight excluding hydrogens is 158 g/mol. The van der Waals surface area contributed by atoms with E-state index in [1.807, 2.05) is 39.8 Å². The topological polar surface area (TPSA) is 26.0 Å². The van der Waals surface area contributed by atoms with Crippen molar-refractivity contribution in [1.82, 2.24) is 0 Å². The van der Waals surface area contributed by atoms with Gasteiger partial charge in [-0.1, -0.05) is 44.7 Å². The van der Waals surface area contributed by atoms with Crippen LogP contribution >= 0.6 is 0 Å². The van der Waals surface area contributed by atoms with Gasteiger partial charge in [0.1, 0.15) is 0 Å². The third kappa shape index (κ3) is 11.2. The minimum atomic E-state index is 0.220. The highest BCUT2D eigenvalue weighted by molar-refractivity contribution is 5.23. The molecule has 0 aliphatic rings. The molecule has 2 N–H and O–H groups in total. The number of hydrogen-bond donors (Lipinski definition) is 1. The molecule has 0 saturated carbocycles. The molecule has 0 aromatic carbocycles. The zero-order valence-electron chi connectivity index (χ0n) is 9.38. The number of hydrogen-bond acceptors (Lipinski definition) is 1. The van der Waals surface area contributed by atoms with Crippen molar-refractivity contribution in [2.75, 3.05) is 0 Å². The molecule has 0 radical (unpaired) electrons. The molecule has 1 unspecified atom stereocenters. The van der Waals surface area contributed by atoms with Gasteiger partial charge in [-0.15, -0.1) is 0 Å². The molecule has 1 nitrogen and oxygen atoms in total. The predicted octanol–water partition coefficient (Wildman–Crippen LogP) is 3.44. The molecule has 0 aliphatic carbocycles. The van der Waals surface area contributed by atoms with Gasteiger partial charge in [0.2, 0.25) is 0 Å². The number of allylic oxidation sites excluding steroid dienone is 4. The summed E-state index contributed by atoms with van der Waals surface area (Å²) in [6, 6.07) is 0.220. The molecule has 0 amide bonds. The van der Waals surface area contributed by atoms with Gasteiger partial charge < -0.3 is 5.73 Å². The molecule has 0 aromatic heterocycles. The molecule has 0 spiro atoms. The van der Waals surface area contributed by atoms with Gasteiger partial charge in [-0.25, -0.2) is 0 Å². The molecular formula is C12H23N. The third-order valence-electron chi connectivity index (χ3n) is 1.27. The fourth-order valence-corrected chi connectivity index (χ4v) is 0.929. The second-order valence-electron chi connectivity index (χ2n) is 2.66. The van der Waals surface area contributed by atoms with Crippen molar-refractivity contribution in [2.24, 2.45) is 5.73 Å². The Balaban J connectivity index is 0. The first-order valence-corrected chi connectivity index (χ1v) is 4.90. The summed E-state index contributed by atoms with van der Waals surface area (Å²) in [7, 11) is 0. The van der Waals surface area contributed by atoms with Crippen molar-refractivity contribution in [1.29, 1.82) is 0 Å². The summed E-state index contributed by atoms with van der Waals surface area (Å²) in [5.74, 6) is 0. The standard InChI is InChI=1S/C10H17N.C2H6/c1-4-6-10(7-5-2)8-9(3)11;1-2/h4-7,9H,1,8,11H2,2-3H3;1-2H3/b7-5-,10-6+;. The van der Waals surface area contributed by atoms with Crippen molar-refractivity contribution < 1.29 is 0 Å². The fourth-order valence-electron chi connectivity index (χ4n) is 0.929. The van der Waals surface area contributed by atoms with Gasteiger partial charge in [0.05, 0.1) is 0 Å². The Kier molecular flexibility index (Phi) is 12.6. The van der Waals surface area contributed by atoms with E-state index in [0.29, 0.717) is 0 Å². The van der Waals surface area contributed by atoms with Crippen LogP contribution in [0.3, 0.4) is 0 Å². The zero-order chi connectivity index (χ0) is 10.7. The lowest BCUT2D eigenvalue weighted by atomic mass is 10.1. The zero-order valence-corrected chi connectivity index (χ0v) is 9.38. The van der Waals surface area contributed by atoms with Crippen molar-refractivity contribution in [3.05, 3.63) is 36.5 Å². The summed E-state index contributed by atoms with van der Waals surface area (Å²) in [5.41, 5.74) is 6.88. The van der Waals surface area contributed by atoms with Gasteiger partial charge >= 0.3 is 0 Å².